The minimum Gasteiger partial charge on any atom is -0.493 e. The molecule has 1 aromatic carbocycles. The Morgan fingerprint density at radius 1 is 1.14 bits per heavy atom. The van der Waals surface area contributed by atoms with Gasteiger partial charge < -0.3 is 19.7 Å². The minimum atomic E-state index is 0.121. The van der Waals surface area contributed by atoms with E-state index in [2.05, 4.69) is 50.5 Å². The average Bonchev–Trinajstić information content (AvgIpc) is 2.46. The Balaban J connectivity index is 2.83. The van der Waals surface area contributed by atoms with E-state index in [1.807, 2.05) is 6.07 Å². The van der Waals surface area contributed by atoms with Gasteiger partial charge in [-0.2, -0.15) is 0 Å². The summed E-state index contributed by atoms with van der Waals surface area (Å²) in [5, 5.41) is 3.54. The molecule has 0 fully saturated rings. The van der Waals surface area contributed by atoms with Crippen molar-refractivity contribution in [3.8, 4) is 11.5 Å². The molecule has 0 spiro atoms. The highest BCUT2D eigenvalue weighted by molar-refractivity contribution is 7.98. The predicted molar refractivity (Wildman–Crippen MR) is 90.8 cm³/mol. The molecule has 1 N–H and O–H groups in total. The molecule has 1 aromatic rings. The second-order valence-corrected chi connectivity index (χ2v) is 6.68. The van der Waals surface area contributed by atoms with Crippen molar-refractivity contribution in [3.05, 3.63) is 17.7 Å². The van der Waals surface area contributed by atoms with E-state index in [1.165, 1.54) is 10.5 Å². The highest BCUT2D eigenvalue weighted by atomic mass is 32.2. The highest BCUT2D eigenvalue weighted by Crippen LogP contribution is 2.34. The number of benzene rings is 1. The zero-order valence-electron chi connectivity index (χ0n) is 14.2. The Kier molecular flexibility index (Phi) is 6.84. The molecular formula is C16H28N2O2S. The third-order valence-electron chi connectivity index (χ3n) is 3.87. The number of hydrogen-bond donors (Lipinski definition) is 1. The molecule has 0 saturated heterocycles. The smallest absolute Gasteiger partial charge is 0.161 e. The molecule has 21 heavy (non-hydrogen) atoms. The van der Waals surface area contributed by atoms with Crippen LogP contribution < -0.4 is 14.8 Å². The van der Waals surface area contributed by atoms with Crippen molar-refractivity contribution in [3.63, 3.8) is 0 Å². The Bertz CT molecular complexity index is 462. The Labute approximate surface area is 133 Å². The van der Waals surface area contributed by atoms with Crippen LogP contribution in [0.2, 0.25) is 0 Å². The second kappa shape index (κ2) is 7.92. The van der Waals surface area contributed by atoms with Gasteiger partial charge in [-0.1, -0.05) is 0 Å². The maximum absolute atomic E-state index is 5.39. The summed E-state index contributed by atoms with van der Waals surface area (Å²) in [6.07, 6.45) is 2.08. The lowest BCUT2D eigenvalue weighted by Crippen LogP contribution is -2.46. The van der Waals surface area contributed by atoms with Crippen LogP contribution in [0.25, 0.3) is 0 Å². The van der Waals surface area contributed by atoms with E-state index in [1.54, 1.807) is 26.0 Å². The lowest BCUT2D eigenvalue weighted by atomic mass is 10.0. The maximum atomic E-state index is 5.39. The zero-order chi connectivity index (χ0) is 16.0. The first kappa shape index (κ1) is 18.1. The van der Waals surface area contributed by atoms with Crippen molar-refractivity contribution in [2.24, 2.45) is 0 Å². The summed E-state index contributed by atoms with van der Waals surface area (Å²) in [4.78, 5) is 3.44. The second-order valence-electron chi connectivity index (χ2n) is 5.83. The van der Waals surface area contributed by atoms with Gasteiger partial charge in [0.2, 0.25) is 0 Å². The number of methoxy groups -OCH3 is 2. The van der Waals surface area contributed by atoms with Gasteiger partial charge in [0.05, 0.1) is 14.2 Å². The van der Waals surface area contributed by atoms with Crippen molar-refractivity contribution in [1.82, 2.24) is 10.2 Å². The van der Waals surface area contributed by atoms with E-state index in [-0.39, 0.29) is 5.54 Å². The summed E-state index contributed by atoms with van der Waals surface area (Å²) in [6, 6.07) is 4.10. The van der Waals surface area contributed by atoms with Crippen molar-refractivity contribution >= 4 is 11.8 Å². The fourth-order valence-electron chi connectivity index (χ4n) is 1.89. The summed E-state index contributed by atoms with van der Waals surface area (Å²) in [5.74, 6) is 1.55. The SMILES string of the molecule is COc1cc(CNCC(C)(C)N(C)C)c(SC)cc1OC. The summed E-state index contributed by atoms with van der Waals surface area (Å²) >= 11 is 1.72. The lowest BCUT2D eigenvalue weighted by Gasteiger charge is -2.33. The Hall–Kier alpha value is -0.910. The molecule has 0 aromatic heterocycles. The third-order valence-corrected chi connectivity index (χ3v) is 4.69. The van der Waals surface area contributed by atoms with Crippen LogP contribution in [0.1, 0.15) is 19.4 Å². The standard InChI is InChI=1S/C16H28N2O2S/c1-16(2,18(3)4)11-17-10-12-8-13(19-5)14(20-6)9-15(12)21-7/h8-9,17H,10-11H2,1-7H3. The number of likely N-dealkylation sites (N-methyl/N-ethyl adjacent to an activating group) is 1. The van der Waals surface area contributed by atoms with Gasteiger partial charge in [0, 0.05) is 23.5 Å². The van der Waals surface area contributed by atoms with Crippen molar-refractivity contribution in [1.29, 1.82) is 0 Å². The van der Waals surface area contributed by atoms with Gasteiger partial charge in [-0.25, -0.2) is 0 Å². The van der Waals surface area contributed by atoms with E-state index in [4.69, 9.17) is 9.47 Å². The van der Waals surface area contributed by atoms with E-state index >= 15 is 0 Å². The molecule has 0 unspecified atom stereocenters. The summed E-state index contributed by atoms with van der Waals surface area (Å²) in [5.41, 5.74) is 1.35. The Morgan fingerprint density at radius 3 is 2.19 bits per heavy atom. The van der Waals surface area contributed by atoms with E-state index in [9.17, 15) is 0 Å². The molecule has 1 rings (SSSR count). The molecule has 0 radical (unpaired) electrons. The van der Waals surface area contributed by atoms with Gasteiger partial charge >= 0.3 is 0 Å². The number of nitrogens with one attached hydrogen (secondary N) is 1. The van der Waals surface area contributed by atoms with Crippen LogP contribution in [0.4, 0.5) is 0 Å². The van der Waals surface area contributed by atoms with E-state index < -0.39 is 0 Å². The molecule has 0 aliphatic heterocycles. The first-order chi connectivity index (χ1) is 9.85. The number of nitrogens with zero attached hydrogens (tertiary/aromatic N) is 1. The number of hydrogen-bond acceptors (Lipinski definition) is 5. The summed E-state index contributed by atoms with van der Waals surface area (Å²) in [6.45, 7) is 6.18. The molecule has 5 heteroatoms. The van der Waals surface area contributed by atoms with Crippen LogP contribution in [0.3, 0.4) is 0 Å². The molecule has 0 aliphatic rings. The molecule has 0 saturated carbocycles. The lowest BCUT2D eigenvalue weighted by molar-refractivity contribution is 0.189. The quantitative estimate of drug-likeness (QED) is 0.747. The number of rotatable bonds is 8. The van der Waals surface area contributed by atoms with Gasteiger partial charge in [0.1, 0.15) is 0 Å². The largest absolute Gasteiger partial charge is 0.493 e. The summed E-state index contributed by atoms with van der Waals surface area (Å²) in [7, 11) is 7.54. The zero-order valence-corrected chi connectivity index (χ0v) is 15.1. The van der Waals surface area contributed by atoms with Gasteiger partial charge in [0.25, 0.3) is 0 Å². The van der Waals surface area contributed by atoms with Gasteiger partial charge in [-0.05, 0) is 51.9 Å². The molecule has 0 atom stereocenters. The Morgan fingerprint density at radius 2 is 1.71 bits per heavy atom. The average molecular weight is 312 g/mol. The molecule has 0 bridgehead atoms. The molecular weight excluding hydrogens is 284 g/mol. The highest BCUT2D eigenvalue weighted by Gasteiger charge is 2.20. The van der Waals surface area contributed by atoms with Gasteiger partial charge in [-0.3, -0.25) is 0 Å². The summed E-state index contributed by atoms with van der Waals surface area (Å²) < 4.78 is 10.8. The van der Waals surface area contributed by atoms with Crippen LogP contribution in [-0.2, 0) is 6.54 Å². The first-order valence-corrected chi connectivity index (χ1v) is 8.25. The van der Waals surface area contributed by atoms with E-state index in [0.717, 1.165) is 24.6 Å². The van der Waals surface area contributed by atoms with Crippen LogP contribution >= 0.6 is 11.8 Å². The predicted octanol–water partition coefficient (Wildman–Crippen LogP) is 2.86. The number of ether oxygens (including phenoxy) is 2. The monoisotopic (exact) mass is 312 g/mol. The fourth-order valence-corrected chi connectivity index (χ4v) is 2.51. The number of thioether (sulfide) groups is 1. The molecule has 120 valence electrons. The van der Waals surface area contributed by atoms with Gasteiger partial charge in [-0.15, -0.1) is 11.8 Å². The molecule has 0 amide bonds. The molecule has 0 heterocycles. The van der Waals surface area contributed by atoms with Crippen LogP contribution in [0.15, 0.2) is 17.0 Å². The van der Waals surface area contributed by atoms with Crippen LogP contribution in [-0.4, -0.2) is 51.6 Å². The fraction of sp³-hybridized carbons (Fsp3) is 0.625. The van der Waals surface area contributed by atoms with Crippen molar-refractivity contribution in [2.45, 2.75) is 30.8 Å². The van der Waals surface area contributed by atoms with Gasteiger partial charge in [0.15, 0.2) is 11.5 Å². The maximum Gasteiger partial charge on any atom is 0.161 e. The third kappa shape index (κ3) is 4.80. The normalized spacial score (nSPS) is 11.8. The molecule has 4 nitrogen and oxygen atoms in total. The van der Waals surface area contributed by atoms with Crippen LogP contribution in [0.5, 0.6) is 11.5 Å². The topological polar surface area (TPSA) is 33.7 Å². The molecule has 0 aliphatic carbocycles. The van der Waals surface area contributed by atoms with E-state index in [0.29, 0.717) is 0 Å². The van der Waals surface area contributed by atoms with Crippen LogP contribution in [0, 0.1) is 0 Å². The first-order valence-electron chi connectivity index (χ1n) is 7.02. The minimum absolute atomic E-state index is 0.121. The van der Waals surface area contributed by atoms with Crippen molar-refractivity contribution in [2.75, 3.05) is 41.1 Å². The van der Waals surface area contributed by atoms with Crippen molar-refractivity contribution < 1.29 is 9.47 Å².